The van der Waals surface area contributed by atoms with Crippen LogP contribution in [0.15, 0.2) is 29.4 Å². The number of rotatable bonds is 5. The maximum Gasteiger partial charge on any atom is 0.182 e. The second-order valence-corrected chi connectivity index (χ2v) is 6.76. The lowest BCUT2D eigenvalue weighted by Gasteiger charge is -2.05. The summed E-state index contributed by atoms with van der Waals surface area (Å²) >= 11 is 1.06. The summed E-state index contributed by atoms with van der Waals surface area (Å²) in [5.74, 6) is 0.0522. The van der Waals surface area contributed by atoms with E-state index < -0.39 is 9.84 Å². The minimum absolute atomic E-state index is 0.0522. The summed E-state index contributed by atoms with van der Waals surface area (Å²) in [4.78, 5) is 4.10. The molecule has 0 aliphatic carbocycles. The summed E-state index contributed by atoms with van der Waals surface area (Å²) in [6.07, 6.45) is 5.36. The number of nitrogens with two attached hydrogens (primary N) is 1. The first-order valence-electron chi connectivity index (χ1n) is 5.56. The Morgan fingerprint density at radius 3 is 2.89 bits per heavy atom. The fourth-order valence-corrected chi connectivity index (χ4v) is 3.72. The van der Waals surface area contributed by atoms with Crippen LogP contribution in [0.2, 0.25) is 0 Å². The van der Waals surface area contributed by atoms with E-state index in [0.717, 1.165) is 29.8 Å². The maximum atomic E-state index is 11.6. The molecule has 0 bridgehead atoms. The molecule has 0 radical (unpaired) electrons. The zero-order chi connectivity index (χ0) is 13.9. The SMILES string of the molecule is CS(=O)(=O)c1c(N)nsc1NCCc1cccnc1. The molecule has 0 aromatic carbocycles. The Labute approximate surface area is 115 Å². The quantitative estimate of drug-likeness (QED) is 0.860. The fraction of sp³-hybridized carbons (Fsp3) is 0.273. The summed E-state index contributed by atoms with van der Waals surface area (Å²) in [5.41, 5.74) is 6.66. The normalized spacial score (nSPS) is 11.4. The van der Waals surface area contributed by atoms with Crippen LogP contribution < -0.4 is 11.1 Å². The summed E-state index contributed by atoms with van der Waals surface area (Å²) in [6.45, 7) is 0.593. The summed E-state index contributed by atoms with van der Waals surface area (Å²) < 4.78 is 27.1. The molecule has 3 N–H and O–H groups in total. The molecule has 19 heavy (non-hydrogen) atoms. The van der Waals surface area contributed by atoms with Crippen molar-refractivity contribution in [1.29, 1.82) is 0 Å². The Bertz CT molecular complexity index is 653. The second kappa shape index (κ2) is 5.54. The highest BCUT2D eigenvalue weighted by Crippen LogP contribution is 2.31. The molecule has 0 saturated heterocycles. The van der Waals surface area contributed by atoms with Gasteiger partial charge in [0.1, 0.15) is 9.90 Å². The van der Waals surface area contributed by atoms with E-state index in [1.165, 1.54) is 0 Å². The van der Waals surface area contributed by atoms with Gasteiger partial charge in [0, 0.05) is 25.2 Å². The van der Waals surface area contributed by atoms with Gasteiger partial charge < -0.3 is 11.1 Å². The number of nitrogens with one attached hydrogen (secondary N) is 1. The Balaban J connectivity index is 2.05. The Kier molecular flexibility index (Phi) is 4.01. The van der Waals surface area contributed by atoms with Crippen molar-refractivity contribution in [3.63, 3.8) is 0 Å². The molecule has 0 unspecified atom stereocenters. The number of hydrogen-bond acceptors (Lipinski definition) is 7. The van der Waals surface area contributed by atoms with Crippen LogP contribution in [-0.2, 0) is 16.3 Å². The van der Waals surface area contributed by atoms with Gasteiger partial charge in [0.15, 0.2) is 15.7 Å². The standard InChI is InChI=1S/C11H14N4O2S2/c1-19(16,17)9-10(12)15-18-11(9)14-6-4-8-3-2-5-13-7-8/h2-3,5,7,14H,4,6H2,1H3,(H2,12,15). The molecule has 0 amide bonds. The van der Waals surface area contributed by atoms with Gasteiger partial charge in [-0.15, -0.1) is 0 Å². The lowest BCUT2D eigenvalue weighted by atomic mass is 10.2. The Morgan fingerprint density at radius 1 is 1.47 bits per heavy atom. The van der Waals surface area contributed by atoms with E-state index in [0.29, 0.717) is 11.5 Å². The van der Waals surface area contributed by atoms with Crippen molar-refractivity contribution in [2.24, 2.45) is 0 Å². The zero-order valence-corrected chi connectivity index (χ0v) is 12.0. The van der Waals surface area contributed by atoms with Gasteiger partial charge in [0.2, 0.25) is 0 Å². The third-order valence-corrected chi connectivity index (χ3v) is 4.57. The minimum atomic E-state index is -3.37. The monoisotopic (exact) mass is 298 g/mol. The van der Waals surface area contributed by atoms with Crippen LogP contribution in [0.25, 0.3) is 0 Å². The third-order valence-electron chi connectivity index (χ3n) is 2.47. The van der Waals surface area contributed by atoms with Crippen LogP contribution in [0.5, 0.6) is 0 Å². The Hall–Kier alpha value is -1.67. The maximum absolute atomic E-state index is 11.6. The van der Waals surface area contributed by atoms with Gasteiger partial charge in [-0.05, 0) is 29.6 Å². The molecule has 6 nitrogen and oxygen atoms in total. The number of anilines is 2. The van der Waals surface area contributed by atoms with Crippen LogP contribution in [0.1, 0.15) is 5.56 Å². The van der Waals surface area contributed by atoms with E-state index >= 15 is 0 Å². The number of aromatic nitrogens is 2. The van der Waals surface area contributed by atoms with Crippen molar-refractivity contribution in [3.8, 4) is 0 Å². The minimum Gasteiger partial charge on any atom is -0.382 e. The summed E-state index contributed by atoms with van der Waals surface area (Å²) in [5, 5.41) is 3.55. The van der Waals surface area contributed by atoms with Crippen LogP contribution in [0.4, 0.5) is 10.8 Å². The molecule has 0 aliphatic heterocycles. The van der Waals surface area contributed by atoms with Gasteiger partial charge in [-0.25, -0.2) is 8.42 Å². The van der Waals surface area contributed by atoms with Crippen molar-refractivity contribution in [2.45, 2.75) is 11.3 Å². The van der Waals surface area contributed by atoms with Crippen LogP contribution in [0, 0.1) is 0 Å². The summed E-state index contributed by atoms with van der Waals surface area (Å²) in [7, 11) is -3.37. The van der Waals surface area contributed by atoms with Crippen LogP contribution >= 0.6 is 11.5 Å². The van der Waals surface area contributed by atoms with Gasteiger partial charge in [-0.1, -0.05) is 6.07 Å². The predicted octanol–water partition coefficient (Wildman–Crippen LogP) is 1.18. The van der Waals surface area contributed by atoms with E-state index in [9.17, 15) is 8.42 Å². The van der Waals surface area contributed by atoms with E-state index in [2.05, 4.69) is 14.7 Å². The highest BCUT2D eigenvalue weighted by Gasteiger charge is 2.20. The molecule has 2 heterocycles. The van der Waals surface area contributed by atoms with Gasteiger partial charge >= 0.3 is 0 Å². The first-order chi connectivity index (χ1) is 8.98. The molecule has 8 heteroatoms. The zero-order valence-electron chi connectivity index (χ0n) is 10.3. The lowest BCUT2D eigenvalue weighted by Crippen LogP contribution is -2.08. The van der Waals surface area contributed by atoms with Crippen molar-refractivity contribution >= 4 is 32.2 Å². The van der Waals surface area contributed by atoms with E-state index in [1.54, 1.807) is 12.4 Å². The van der Waals surface area contributed by atoms with Crippen molar-refractivity contribution in [3.05, 3.63) is 30.1 Å². The van der Waals surface area contributed by atoms with Crippen molar-refractivity contribution in [1.82, 2.24) is 9.36 Å². The predicted molar refractivity (Wildman–Crippen MR) is 76.1 cm³/mol. The smallest absolute Gasteiger partial charge is 0.182 e. The number of pyridine rings is 1. The van der Waals surface area contributed by atoms with Gasteiger partial charge in [-0.3, -0.25) is 4.98 Å². The van der Waals surface area contributed by atoms with Gasteiger partial charge in [-0.2, -0.15) is 4.37 Å². The van der Waals surface area contributed by atoms with E-state index in [1.807, 2.05) is 12.1 Å². The molecule has 102 valence electrons. The van der Waals surface area contributed by atoms with Crippen molar-refractivity contribution < 1.29 is 8.42 Å². The number of hydrogen-bond donors (Lipinski definition) is 2. The van der Waals surface area contributed by atoms with Gasteiger partial charge in [0.05, 0.1) is 0 Å². The topological polar surface area (TPSA) is 98.0 Å². The molecule has 0 spiro atoms. The molecular formula is C11H14N4O2S2. The largest absolute Gasteiger partial charge is 0.382 e. The molecule has 2 aromatic heterocycles. The van der Waals surface area contributed by atoms with Gasteiger partial charge in [0.25, 0.3) is 0 Å². The van der Waals surface area contributed by atoms with Crippen LogP contribution in [0.3, 0.4) is 0 Å². The molecule has 0 fully saturated rings. The first-order valence-corrected chi connectivity index (χ1v) is 8.23. The number of nitrogen functional groups attached to an aromatic ring is 1. The molecular weight excluding hydrogens is 284 g/mol. The summed E-state index contributed by atoms with van der Waals surface area (Å²) in [6, 6.07) is 3.83. The first kappa shape index (κ1) is 13.8. The molecule has 0 atom stereocenters. The second-order valence-electron chi connectivity index (χ2n) is 4.04. The fourth-order valence-electron chi connectivity index (χ4n) is 1.63. The molecule has 0 aliphatic rings. The van der Waals surface area contributed by atoms with Crippen molar-refractivity contribution in [2.75, 3.05) is 23.9 Å². The average molecular weight is 298 g/mol. The number of sulfone groups is 1. The lowest BCUT2D eigenvalue weighted by molar-refractivity contribution is 0.602. The molecule has 2 aromatic rings. The average Bonchev–Trinajstić information content (AvgIpc) is 2.72. The molecule has 0 saturated carbocycles. The third kappa shape index (κ3) is 3.42. The van der Waals surface area contributed by atoms with Crippen LogP contribution in [-0.4, -0.2) is 30.6 Å². The highest BCUT2D eigenvalue weighted by atomic mass is 32.2. The molecule has 2 rings (SSSR count). The highest BCUT2D eigenvalue weighted by molar-refractivity contribution is 7.91. The van der Waals surface area contributed by atoms with E-state index in [-0.39, 0.29) is 10.7 Å². The van der Waals surface area contributed by atoms with E-state index in [4.69, 9.17) is 5.73 Å². The Morgan fingerprint density at radius 2 is 2.26 bits per heavy atom. The number of nitrogens with zero attached hydrogens (tertiary/aromatic N) is 2.